The Balaban J connectivity index is 1.72. The molecular formula is C14H14BrN3O. The number of nitrogens with one attached hydrogen (secondary N) is 2. The molecule has 1 aliphatic rings. The highest BCUT2D eigenvalue weighted by atomic mass is 79.9. The Labute approximate surface area is 119 Å². The molecule has 1 heterocycles. The normalized spacial score (nSPS) is 14.4. The number of H-pyrrole nitrogens is 1. The predicted molar refractivity (Wildman–Crippen MR) is 78.3 cm³/mol. The summed E-state index contributed by atoms with van der Waals surface area (Å²) in [4.78, 5) is 18.8. The molecule has 0 bridgehead atoms. The van der Waals surface area contributed by atoms with Gasteiger partial charge in [0.25, 0.3) is 5.56 Å². The standard InChI is InChI=1S/C14H14BrN3O/c15-11-5-1-9(2-6-11)8-16-12-7-13(19)18-14(17-12)10-3-4-10/h1-2,5-7,10H,3-4,8H2,(H2,16,17,18,19). The van der Waals surface area contributed by atoms with Crippen molar-refractivity contribution >= 4 is 21.7 Å². The van der Waals surface area contributed by atoms with Gasteiger partial charge < -0.3 is 10.3 Å². The minimum Gasteiger partial charge on any atom is -0.366 e. The van der Waals surface area contributed by atoms with E-state index in [4.69, 9.17) is 0 Å². The van der Waals surface area contributed by atoms with Gasteiger partial charge in [0, 0.05) is 23.0 Å². The maximum atomic E-state index is 11.6. The minimum absolute atomic E-state index is 0.0878. The molecule has 1 saturated carbocycles. The van der Waals surface area contributed by atoms with E-state index in [0.29, 0.717) is 18.3 Å². The van der Waals surface area contributed by atoms with Gasteiger partial charge in [0.05, 0.1) is 0 Å². The molecule has 2 aromatic rings. The first-order valence-electron chi connectivity index (χ1n) is 6.30. The van der Waals surface area contributed by atoms with Crippen molar-refractivity contribution in [1.29, 1.82) is 0 Å². The Morgan fingerprint density at radius 2 is 2.05 bits per heavy atom. The Hall–Kier alpha value is -1.62. The highest BCUT2D eigenvalue weighted by molar-refractivity contribution is 9.10. The van der Waals surface area contributed by atoms with Crippen LogP contribution in [0, 0.1) is 0 Å². The summed E-state index contributed by atoms with van der Waals surface area (Å²) in [5, 5.41) is 3.20. The molecule has 3 rings (SSSR count). The van der Waals surface area contributed by atoms with E-state index in [1.54, 1.807) is 0 Å². The monoisotopic (exact) mass is 319 g/mol. The van der Waals surface area contributed by atoms with Gasteiger partial charge in [-0.2, -0.15) is 0 Å². The van der Waals surface area contributed by atoms with Crippen LogP contribution in [-0.4, -0.2) is 9.97 Å². The molecule has 0 aliphatic heterocycles. The van der Waals surface area contributed by atoms with Crippen LogP contribution in [0.25, 0.3) is 0 Å². The minimum atomic E-state index is -0.0878. The van der Waals surface area contributed by atoms with E-state index in [-0.39, 0.29) is 5.56 Å². The van der Waals surface area contributed by atoms with Gasteiger partial charge in [0.15, 0.2) is 0 Å². The summed E-state index contributed by atoms with van der Waals surface area (Å²) in [6.07, 6.45) is 2.25. The molecule has 0 atom stereocenters. The molecular weight excluding hydrogens is 306 g/mol. The third-order valence-electron chi connectivity index (χ3n) is 3.11. The lowest BCUT2D eigenvalue weighted by molar-refractivity contribution is 0.903. The van der Waals surface area contributed by atoms with Crippen LogP contribution in [0.5, 0.6) is 0 Å². The Bertz CT molecular complexity index is 632. The SMILES string of the molecule is O=c1cc(NCc2ccc(Br)cc2)nc(C2CC2)[nH]1. The average molecular weight is 320 g/mol. The van der Waals surface area contributed by atoms with Gasteiger partial charge in [-0.05, 0) is 30.5 Å². The lowest BCUT2D eigenvalue weighted by atomic mass is 10.2. The number of anilines is 1. The number of aromatic amines is 1. The van der Waals surface area contributed by atoms with E-state index in [1.165, 1.54) is 6.07 Å². The van der Waals surface area contributed by atoms with Crippen LogP contribution >= 0.6 is 15.9 Å². The zero-order chi connectivity index (χ0) is 13.2. The van der Waals surface area contributed by atoms with Crippen LogP contribution in [0.15, 0.2) is 39.6 Å². The number of aromatic nitrogens is 2. The van der Waals surface area contributed by atoms with Crippen molar-refractivity contribution < 1.29 is 0 Å². The van der Waals surface area contributed by atoms with Gasteiger partial charge in [-0.3, -0.25) is 4.79 Å². The molecule has 5 heteroatoms. The number of halogens is 1. The third-order valence-corrected chi connectivity index (χ3v) is 3.64. The van der Waals surface area contributed by atoms with Crippen molar-refractivity contribution in [3.63, 3.8) is 0 Å². The predicted octanol–water partition coefficient (Wildman–Crippen LogP) is 3.02. The van der Waals surface area contributed by atoms with Crippen LogP contribution < -0.4 is 10.9 Å². The first kappa shape index (κ1) is 12.4. The molecule has 98 valence electrons. The third kappa shape index (κ3) is 3.23. The lowest BCUT2D eigenvalue weighted by Crippen LogP contribution is -2.13. The maximum absolute atomic E-state index is 11.6. The van der Waals surface area contributed by atoms with Crippen molar-refractivity contribution in [2.24, 2.45) is 0 Å². The summed E-state index contributed by atoms with van der Waals surface area (Å²) in [7, 11) is 0. The summed E-state index contributed by atoms with van der Waals surface area (Å²) >= 11 is 3.41. The number of nitrogens with zero attached hydrogens (tertiary/aromatic N) is 1. The van der Waals surface area contributed by atoms with Gasteiger partial charge >= 0.3 is 0 Å². The van der Waals surface area contributed by atoms with Gasteiger partial charge in [-0.25, -0.2) is 4.98 Å². The fraction of sp³-hybridized carbons (Fsp3) is 0.286. The first-order valence-corrected chi connectivity index (χ1v) is 7.09. The highest BCUT2D eigenvalue weighted by Gasteiger charge is 2.26. The van der Waals surface area contributed by atoms with Crippen molar-refractivity contribution in [2.75, 3.05) is 5.32 Å². The van der Waals surface area contributed by atoms with Gasteiger partial charge in [-0.15, -0.1) is 0 Å². The topological polar surface area (TPSA) is 57.8 Å². The van der Waals surface area contributed by atoms with E-state index in [9.17, 15) is 4.79 Å². The van der Waals surface area contributed by atoms with Crippen LogP contribution in [0.2, 0.25) is 0 Å². The molecule has 1 aliphatic carbocycles. The maximum Gasteiger partial charge on any atom is 0.252 e. The van der Waals surface area contributed by atoms with Crippen molar-refractivity contribution in [1.82, 2.24) is 9.97 Å². The number of hydrogen-bond donors (Lipinski definition) is 2. The van der Waals surface area contributed by atoms with Crippen molar-refractivity contribution in [2.45, 2.75) is 25.3 Å². The summed E-state index contributed by atoms with van der Waals surface area (Å²) in [6, 6.07) is 9.57. The van der Waals surface area contributed by atoms with Crippen LogP contribution in [0.1, 0.15) is 30.1 Å². The smallest absolute Gasteiger partial charge is 0.252 e. The second-order valence-electron chi connectivity index (χ2n) is 4.77. The Morgan fingerprint density at radius 3 is 2.74 bits per heavy atom. The Kier molecular flexibility index (Phi) is 3.38. The van der Waals surface area contributed by atoms with E-state index in [0.717, 1.165) is 28.7 Å². The molecule has 1 aromatic heterocycles. The Morgan fingerprint density at radius 1 is 1.32 bits per heavy atom. The van der Waals surface area contributed by atoms with Gasteiger partial charge in [-0.1, -0.05) is 28.1 Å². The second-order valence-corrected chi connectivity index (χ2v) is 5.69. The summed E-state index contributed by atoms with van der Waals surface area (Å²) < 4.78 is 1.06. The summed E-state index contributed by atoms with van der Waals surface area (Å²) in [6.45, 7) is 0.661. The molecule has 0 radical (unpaired) electrons. The van der Waals surface area contributed by atoms with E-state index in [1.807, 2.05) is 24.3 Å². The molecule has 0 amide bonds. The lowest BCUT2D eigenvalue weighted by Gasteiger charge is -2.07. The molecule has 1 fully saturated rings. The van der Waals surface area contributed by atoms with Crippen LogP contribution in [0.4, 0.5) is 5.82 Å². The van der Waals surface area contributed by atoms with Crippen LogP contribution in [0.3, 0.4) is 0 Å². The highest BCUT2D eigenvalue weighted by Crippen LogP contribution is 2.37. The number of rotatable bonds is 4. The largest absolute Gasteiger partial charge is 0.366 e. The molecule has 0 saturated heterocycles. The van der Waals surface area contributed by atoms with Crippen molar-refractivity contribution in [3.8, 4) is 0 Å². The number of hydrogen-bond acceptors (Lipinski definition) is 3. The molecule has 4 nitrogen and oxygen atoms in total. The molecule has 0 unspecified atom stereocenters. The van der Waals surface area contributed by atoms with E-state index >= 15 is 0 Å². The quantitative estimate of drug-likeness (QED) is 0.910. The number of benzene rings is 1. The van der Waals surface area contributed by atoms with Crippen molar-refractivity contribution in [3.05, 3.63) is 56.5 Å². The van der Waals surface area contributed by atoms with Gasteiger partial charge in [0.2, 0.25) is 0 Å². The van der Waals surface area contributed by atoms with Gasteiger partial charge in [0.1, 0.15) is 11.6 Å². The zero-order valence-electron chi connectivity index (χ0n) is 10.3. The molecule has 0 spiro atoms. The molecule has 19 heavy (non-hydrogen) atoms. The zero-order valence-corrected chi connectivity index (χ0v) is 11.9. The average Bonchev–Trinajstić information content (AvgIpc) is 3.22. The van der Waals surface area contributed by atoms with E-state index < -0.39 is 0 Å². The molecule has 2 N–H and O–H groups in total. The first-order chi connectivity index (χ1) is 9.20. The fourth-order valence-electron chi connectivity index (χ4n) is 1.91. The fourth-order valence-corrected chi connectivity index (χ4v) is 2.18. The second kappa shape index (κ2) is 5.17. The summed E-state index contributed by atoms with van der Waals surface area (Å²) in [5.74, 6) is 1.90. The van der Waals surface area contributed by atoms with E-state index in [2.05, 4.69) is 31.2 Å². The van der Waals surface area contributed by atoms with Crippen LogP contribution in [-0.2, 0) is 6.54 Å². The summed E-state index contributed by atoms with van der Waals surface area (Å²) in [5.41, 5.74) is 1.06. The molecule has 1 aromatic carbocycles.